The molecule has 4 heteroatoms. The van der Waals surface area contributed by atoms with E-state index in [-0.39, 0.29) is 0 Å². The van der Waals surface area contributed by atoms with Crippen molar-refractivity contribution in [2.45, 2.75) is 51.2 Å². The number of rotatable bonds is 6. The molecule has 0 heterocycles. The number of aliphatic hydroxyl groups is 1. The summed E-state index contributed by atoms with van der Waals surface area (Å²) >= 11 is 0. The number of hydrogen-bond donors (Lipinski definition) is 3. The molecule has 1 amide bonds. The topological polar surface area (TPSA) is 75.3 Å². The number of nitrogens with one attached hydrogen (secondary N) is 1. The van der Waals surface area contributed by atoms with Gasteiger partial charge in [0.05, 0.1) is 5.60 Å². The molecule has 4 nitrogen and oxygen atoms in total. The molecule has 1 saturated carbocycles. The minimum Gasteiger partial charge on any atom is -0.389 e. The Bertz CT molecular complexity index is 479. The van der Waals surface area contributed by atoms with Gasteiger partial charge in [0, 0.05) is 18.7 Å². The van der Waals surface area contributed by atoms with Gasteiger partial charge in [0.25, 0.3) is 0 Å². The molecule has 1 fully saturated rings. The Morgan fingerprint density at radius 1 is 1.38 bits per heavy atom. The van der Waals surface area contributed by atoms with Crippen molar-refractivity contribution in [3.63, 3.8) is 0 Å². The van der Waals surface area contributed by atoms with Crippen LogP contribution in [0.5, 0.6) is 0 Å². The highest BCUT2D eigenvalue weighted by Crippen LogP contribution is 2.33. The van der Waals surface area contributed by atoms with Crippen LogP contribution in [0.2, 0.25) is 0 Å². The van der Waals surface area contributed by atoms with Gasteiger partial charge in [0.2, 0.25) is 5.91 Å². The summed E-state index contributed by atoms with van der Waals surface area (Å²) in [5.41, 5.74) is 6.20. The molecule has 0 radical (unpaired) electrons. The third kappa shape index (κ3) is 4.29. The zero-order valence-electron chi connectivity index (χ0n) is 12.8. The highest BCUT2D eigenvalue weighted by atomic mass is 16.3. The fraction of sp³-hybridized carbons (Fsp3) is 0.588. The Morgan fingerprint density at radius 2 is 2.05 bits per heavy atom. The van der Waals surface area contributed by atoms with Crippen molar-refractivity contribution >= 4 is 5.91 Å². The van der Waals surface area contributed by atoms with Crippen LogP contribution in [0.1, 0.15) is 54.9 Å². The third-order valence-electron chi connectivity index (χ3n) is 4.67. The maximum Gasteiger partial charge on any atom is 0.249 e. The van der Waals surface area contributed by atoms with Crippen molar-refractivity contribution in [2.75, 3.05) is 6.54 Å². The second kappa shape index (κ2) is 7.05. The Balaban J connectivity index is 1.86. The molecule has 0 aliphatic heterocycles. The Labute approximate surface area is 126 Å². The molecule has 2 rings (SSSR count). The molecule has 1 aromatic rings. The first kappa shape index (κ1) is 16.0. The molecule has 1 aliphatic carbocycles. The summed E-state index contributed by atoms with van der Waals surface area (Å²) in [7, 11) is 0. The average molecular weight is 290 g/mol. The summed E-state index contributed by atoms with van der Waals surface area (Å²) in [5, 5.41) is 13.9. The molecule has 4 N–H and O–H groups in total. The minimum atomic E-state index is -0.604. The van der Waals surface area contributed by atoms with Gasteiger partial charge in [0.15, 0.2) is 0 Å². The number of benzene rings is 1. The molecule has 0 bridgehead atoms. The second-order valence-electron chi connectivity index (χ2n) is 6.20. The maximum atomic E-state index is 11.4. The van der Waals surface area contributed by atoms with Gasteiger partial charge in [-0.3, -0.25) is 4.79 Å². The van der Waals surface area contributed by atoms with Crippen LogP contribution in [-0.4, -0.2) is 23.2 Å². The van der Waals surface area contributed by atoms with Crippen LogP contribution >= 0.6 is 0 Å². The molecule has 0 saturated heterocycles. The van der Waals surface area contributed by atoms with E-state index in [0.29, 0.717) is 18.7 Å². The van der Waals surface area contributed by atoms with Gasteiger partial charge in [-0.1, -0.05) is 31.5 Å². The van der Waals surface area contributed by atoms with Crippen LogP contribution in [0.4, 0.5) is 0 Å². The van der Waals surface area contributed by atoms with Gasteiger partial charge in [-0.2, -0.15) is 0 Å². The first-order valence-electron chi connectivity index (χ1n) is 7.85. The highest BCUT2D eigenvalue weighted by molar-refractivity contribution is 5.94. The fourth-order valence-electron chi connectivity index (χ4n) is 3.14. The van der Waals surface area contributed by atoms with E-state index in [9.17, 15) is 9.90 Å². The summed E-state index contributed by atoms with van der Waals surface area (Å²) in [6.45, 7) is 3.34. The Morgan fingerprint density at radius 3 is 2.67 bits per heavy atom. The lowest BCUT2D eigenvalue weighted by Gasteiger charge is -2.36. The van der Waals surface area contributed by atoms with Crippen molar-refractivity contribution < 1.29 is 9.90 Å². The van der Waals surface area contributed by atoms with Gasteiger partial charge in [-0.15, -0.1) is 0 Å². The minimum absolute atomic E-state index is 0.408. The van der Waals surface area contributed by atoms with Gasteiger partial charge in [-0.25, -0.2) is 0 Å². The van der Waals surface area contributed by atoms with Gasteiger partial charge < -0.3 is 16.2 Å². The average Bonchev–Trinajstić information content (AvgIpc) is 2.48. The van der Waals surface area contributed by atoms with E-state index in [4.69, 9.17) is 5.73 Å². The van der Waals surface area contributed by atoms with E-state index in [1.807, 2.05) is 18.2 Å². The van der Waals surface area contributed by atoms with Crippen LogP contribution in [0, 0.1) is 5.92 Å². The first-order chi connectivity index (χ1) is 10.0. The van der Waals surface area contributed by atoms with E-state index in [1.54, 1.807) is 6.07 Å². The predicted molar refractivity (Wildman–Crippen MR) is 83.9 cm³/mol. The Kier molecular flexibility index (Phi) is 5.37. The molecule has 1 aliphatic rings. The molecule has 0 atom stereocenters. The summed E-state index contributed by atoms with van der Waals surface area (Å²) in [5.74, 6) is 0.357. The van der Waals surface area contributed by atoms with Crippen molar-refractivity contribution in [1.29, 1.82) is 0 Å². The molecule has 0 spiro atoms. The second-order valence-corrected chi connectivity index (χ2v) is 6.20. The quantitative estimate of drug-likeness (QED) is 0.752. The van der Waals surface area contributed by atoms with Crippen LogP contribution in [0.25, 0.3) is 0 Å². The molecule has 0 aromatic heterocycles. The largest absolute Gasteiger partial charge is 0.389 e. The fourth-order valence-corrected chi connectivity index (χ4v) is 3.14. The maximum absolute atomic E-state index is 11.4. The smallest absolute Gasteiger partial charge is 0.249 e. The van der Waals surface area contributed by atoms with Crippen LogP contribution < -0.4 is 11.1 Å². The SMILES string of the molecule is CCC1CCC(O)(CNCc2ccccc2C(N)=O)CC1. The molecule has 21 heavy (non-hydrogen) atoms. The molecule has 116 valence electrons. The van der Waals surface area contributed by atoms with Gasteiger partial charge in [0.1, 0.15) is 0 Å². The Hall–Kier alpha value is -1.39. The number of nitrogens with two attached hydrogens (primary N) is 1. The molecular weight excluding hydrogens is 264 g/mol. The number of amides is 1. The van der Waals surface area contributed by atoms with Crippen LogP contribution in [-0.2, 0) is 6.54 Å². The van der Waals surface area contributed by atoms with Crippen molar-refractivity contribution in [3.8, 4) is 0 Å². The first-order valence-corrected chi connectivity index (χ1v) is 7.85. The van der Waals surface area contributed by atoms with E-state index in [2.05, 4.69) is 12.2 Å². The molecule has 1 aromatic carbocycles. The number of carbonyl (C=O) groups is 1. The normalized spacial score (nSPS) is 25.7. The van der Waals surface area contributed by atoms with Crippen LogP contribution in [0.15, 0.2) is 24.3 Å². The van der Waals surface area contributed by atoms with Crippen molar-refractivity contribution in [3.05, 3.63) is 35.4 Å². The standard InChI is InChI=1S/C17H26N2O2/c1-2-13-7-9-17(21,10-8-13)12-19-11-14-5-3-4-6-15(14)16(18)20/h3-6,13,19,21H,2,7-12H2,1H3,(H2,18,20). The molecule has 0 unspecified atom stereocenters. The zero-order valence-corrected chi connectivity index (χ0v) is 12.8. The van der Waals surface area contributed by atoms with Gasteiger partial charge >= 0.3 is 0 Å². The zero-order chi connectivity index (χ0) is 15.3. The lowest BCUT2D eigenvalue weighted by Crippen LogP contribution is -2.43. The summed E-state index contributed by atoms with van der Waals surface area (Å²) < 4.78 is 0. The monoisotopic (exact) mass is 290 g/mol. The van der Waals surface area contributed by atoms with E-state index in [0.717, 1.165) is 37.2 Å². The highest BCUT2D eigenvalue weighted by Gasteiger charge is 2.32. The molecular formula is C17H26N2O2. The third-order valence-corrected chi connectivity index (χ3v) is 4.67. The number of primary amides is 1. The lowest BCUT2D eigenvalue weighted by atomic mass is 9.78. The van der Waals surface area contributed by atoms with Crippen LogP contribution in [0.3, 0.4) is 0 Å². The number of hydrogen-bond acceptors (Lipinski definition) is 3. The summed E-state index contributed by atoms with van der Waals surface area (Å²) in [4.78, 5) is 11.4. The van der Waals surface area contributed by atoms with Crippen molar-refractivity contribution in [2.24, 2.45) is 11.7 Å². The van der Waals surface area contributed by atoms with E-state index < -0.39 is 11.5 Å². The predicted octanol–water partition coefficient (Wildman–Crippen LogP) is 2.21. The van der Waals surface area contributed by atoms with Gasteiger partial charge in [-0.05, 0) is 43.2 Å². The van der Waals surface area contributed by atoms with E-state index >= 15 is 0 Å². The van der Waals surface area contributed by atoms with E-state index in [1.165, 1.54) is 6.42 Å². The summed E-state index contributed by atoms with van der Waals surface area (Å²) in [6.07, 6.45) is 5.13. The number of carbonyl (C=O) groups excluding carboxylic acids is 1. The van der Waals surface area contributed by atoms with Crippen molar-refractivity contribution in [1.82, 2.24) is 5.32 Å². The summed E-state index contributed by atoms with van der Waals surface area (Å²) in [6, 6.07) is 7.33. The lowest BCUT2D eigenvalue weighted by molar-refractivity contribution is -0.00881.